The van der Waals surface area contributed by atoms with E-state index in [4.69, 9.17) is 0 Å². The lowest BCUT2D eigenvalue weighted by Crippen LogP contribution is -2.42. The first-order chi connectivity index (χ1) is 10.3. The Morgan fingerprint density at radius 3 is 2.68 bits per heavy atom. The Bertz CT molecular complexity index is 478. The predicted molar refractivity (Wildman–Crippen MR) is 99.3 cm³/mol. The van der Waals surface area contributed by atoms with Crippen LogP contribution < -0.4 is 10.6 Å². The number of aliphatic imine (C=N–C) groups is 1. The van der Waals surface area contributed by atoms with Crippen molar-refractivity contribution in [3.63, 3.8) is 0 Å². The van der Waals surface area contributed by atoms with Crippen LogP contribution in [0.4, 0.5) is 0 Å². The van der Waals surface area contributed by atoms with Crippen LogP contribution in [0.25, 0.3) is 0 Å². The second kappa shape index (κ2) is 9.30. The summed E-state index contributed by atoms with van der Waals surface area (Å²) < 4.78 is 11.8. The van der Waals surface area contributed by atoms with Crippen LogP contribution in [0.15, 0.2) is 22.5 Å². The number of nitrogens with zero attached hydrogens (tertiary/aromatic N) is 1. The third kappa shape index (κ3) is 7.40. The van der Waals surface area contributed by atoms with Gasteiger partial charge in [0.25, 0.3) is 0 Å². The van der Waals surface area contributed by atoms with Crippen LogP contribution in [-0.2, 0) is 17.2 Å². The molecule has 0 saturated carbocycles. The van der Waals surface area contributed by atoms with Crippen LogP contribution in [0, 0.1) is 5.92 Å². The van der Waals surface area contributed by atoms with Crippen molar-refractivity contribution in [3.8, 4) is 0 Å². The summed E-state index contributed by atoms with van der Waals surface area (Å²) in [5, 5.41) is 8.69. The number of nitrogens with one attached hydrogen (secondary N) is 2. The van der Waals surface area contributed by atoms with Crippen molar-refractivity contribution >= 4 is 28.1 Å². The quantitative estimate of drug-likeness (QED) is 0.591. The van der Waals surface area contributed by atoms with Gasteiger partial charge in [-0.1, -0.05) is 13.0 Å². The highest BCUT2D eigenvalue weighted by molar-refractivity contribution is 7.86. The zero-order chi connectivity index (χ0) is 16.6. The molecule has 1 aromatic heterocycles. The molecule has 0 aliphatic rings. The van der Waals surface area contributed by atoms with E-state index >= 15 is 0 Å². The summed E-state index contributed by atoms with van der Waals surface area (Å²) in [6.45, 7) is 9.78. The lowest BCUT2D eigenvalue weighted by atomic mass is 10.1. The number of hydrogen-bond donors (Lipinski definition) is 2. The maximum absolute atomic E-state index is 12.0. The van der Waals surface area contributed by atoms with Gasteiger partial charge in [-0.3, -0.25) is 9.20 Å². The van der Waals surface area contributed by atoms with E-state index in [0.717, 1.165) is 18.9 Å². The van der Waals surface area contributed by atoms with E-state index in [-0.39, 0.29) is 4.75 Å². The lowest BCUT2D eigenvalue weighted by Gasteiger charge is -2.19. The Morgan fingerprint density at radius 2 is 2.14 bits per heavy atom. The molecule has 0 aliphatic heterocycles. The second-order valence-electron chi connectivity index (χ2n) is 6.43. The molecule has 0 spiro atoms. The van der Waals surface area contributed by atoms with Gasteiger partial charge in [0.15, 0.2) is 5.96 Å². The maximum atomic E-state index is 12.0. The van der Waals surface area contributed by atoms with E-state index in [1.807, 2.05) is 20.8 Å². The highest BCUT2D eigenvalue weighted by atomic mass is 32.2. The zero-order valence-electron chi connectivity index (χ0n) is 14.3. The zero-order valence-corrected chi connectivity index (χ0v) is 15.9. The molecule has 0 saturated heterocycles. The Labute approximate surface area is 141 Å². The molecule has 2 unspecified atom stereocenters. The maximum Gasteiger partial charge on any atom is 0.191 e. The molecule has 0 amide bonds. The Morgan fingerprint density at radius 1 is 1.41 bits per heavy atom. The number of hydrogen-bond acceptors (Lipinski definition) is 3. The van der Waals surface area contributed by atoms with E-state index in [9.17, 15) is 4.21 Å². The molecule has 22 heavy (non-hydrogen) atoms. The molecule has 1 heterocycles. The van der Waals surface area contributed by atoms with Crippen molar-refractivity contribution < 1.29 is 4.21 Å². The van der Waals surface area contributed by atoms with Crippen LogP contribution in [0.5, 0.6) is 0 Å². The molecule has 4 nitrogen and oxygen atoms in total. The molecule has 0 aromatic carbocycles. The van der Waals surface area contributed by atoms with E-state index < -0.39 is 10.8 Å². The predicted octanol–water partition coefficient (Wildman–Crippen LogP) is 2.64. The first-order valence-electron chi connectivity index (χ1n) is 7.68. The first kappa shape index (κ1) is 19.2. The van der Waals surface area contributed by atoms with Crippen LogP contribution in [0.2, 0.25) is 0 Å². The second-order valence-corrected chi connectivity index (χ2v) is 9.79. The van der Waals surface area contributed by atoms with Crippen molar-refractivity contribution in [2.45, 2.75) is 38.9 Å². The van der Waals surface area contributed by atoms with Gasteiger partial charge >= 0.3 is 0 Å². The molecule has 6 heteroatoms. The van der Waals surface area contributed by atoms with Gasteiger partial charge in [-0.15, -0.1) is 11.3 Å². The van der Waals surface area contributed by atoms with Crippen molar-refractivity contribution in [2.24, 2.45) is 10.9 Å². The Balaban J connectivity index is 2.26. The van der Waals surface area contributed by atoms with E-state index in [0.29, 0.717) is 18.2 Å². The third-order valence-corrected chi connectivity index (χ3v) is 6.07. The largest absolute Gasteiger partial charge is 0.356 e. The van der Waals surface area contributed by atoms with Gasteiger partial charge in [0.2, 0.25) is 0 Å². The molecule has 1 aromatic rings. The minimum Gasteiger partial charge on any atom is -0.356 e. The van der Waals surface area contributed by atoms with Gasteiger partial charge in [0.05, 0.1) is 0 Å². The summed E-state index contributed by atoms with van der Waals surface area (Å²) in [4.78, 5) is 5.63. The standard InChI is InChI=1S/C16H29N3OS2/c1-13(11-14-7-6-9-21-14)12-19-15(17-5)18-8-10-22(20)16(2,3)4/h6-7,9,13H,8,10-12H2,1-5H3,(H2,17,18,19). The van der Waals surface area contributed by atoms with E-state index in [2.05, 4.69) is 40.1 Å². The highest BCUT2D eigenvalue weighted by Gasteiger charge is 2.18. The van der Waals surface area contributed by atoms with Crippen LogP contribution in [0.1, 0.15) is 32.6 Å². The van der Waals surface area contributed by atoms with Gasteiger partial charge in [-0.25, -0.2) is 0 Å². The average molecular weight is 344 g/mol. The fourth-order valence-corrected chi connectivity index (χ4v) is 3.67. The molecule has 0 bridgehead atoms. The summed E-state index contributed by atoms with van der Waals surface area (Å²) in [7, 11) is 0.930. The molecule has 1 rings (SSSR count). The monoisotopic (exact) mass is 343 g/mol. The summed E-state index contributed by atoms with van der Waals surface area (Å²) in [5.41, 5.74) is 0. The van der Waals surface area contributed by atoms with Gasteiger partial charge < -0.3 is 10.6 Å². The first-order valence-corrected chi connectivity index (χ1v) is 9.88. The third-order valence-electron chi connectivity index (χ3n) is 3.23. The lowest BCUT2D eigenvalue weighted by molar-refractivity contribution is 0.562. The number of thiophene rings is 1. The number of guanidine groups is 1. The molecular weight excluding hydrogens is 314 g/mol. The Hall–Kier alpha value is -0.880. The summed E-state index contributed by atoms with van der Waals surface area (Å²) in [6.07, 6.45) is 1.08. The van der Waals surface area contributed by atoms with Gasteiger partial charge in [0.1, 0.15) is 0 Å². The van der Waals surface area contributed by atoms with Crippen LogP contribution >= 0.6 is 11.3 Å². The van der Waals surface area contributed by atoms with Crippen molar-refractivity contribution in [3.05, 3.63) is 22.4 Å². The summed E-state index contributed by atoms with van der Waals surface area (Å²) in [6, 6.07) is 4.27. The van der Waals surface area contributed by atoms with Gasteiger partial charge in [-0.2, -0.15) is 0 Å². The minimum absolute atomic E-state index is 0.159. The van der Waals surface area contributed by atoms with Crippen LogP contribution in [-0.4, -0.2) is 40.8 Å². The molecular formula is C16H29N3OS2. The van der Waals surface area contributed by atoms with Crippen molar-refractivity contribution in [2.75, 3.05) is 25.9 Å². The SMILES string of the molecule is CN=C(NCCS(=O)C(C)(C)C)NCC(C)Cc1cccs1. The van der Waals surface area contributed by atoms with Crippen molar-refractivity contribution in [1.29, 1.82) is 0 Å². The van der Waals surface area contributed by atoms with E-state index in [1.165, 1.54) is 4.88 Å². The topological polar surface area (TPSA) is 53.5 Å². The Kier molecular flexibility index (Phi) is 8.10. The van der Waals surface area contributed by atoms with Gasteiger partial charge in [-0.05, 0) is 44.6 Å². The molecule has 0 fully saturated rings. The van der Waals surface area contributed by atoms with Crippen molar-refractivity contribution in [1.82, 2.24) is 10.6 Å². The molecule has 126 valence electrons. The summed E-state index contributed by atoms with van der Waals surface area (Å²) >= 11 is 1.80. The molecule has 2 atom stereocenters. The van der Waals surface area contributed by atoms with Gasteiger partial charge in [0, 0.05) is 46.3 Å². The molecule has 0 aliphatic carbocycles. The van der Waals surface area contributed by atoms with E-state index in [1.54, 1.807) is 18.4 Å². The summed E-state index contributed by atoms with van der Waals surface area (Å²) in [5.74, 6) is 1.96. The van der Waals surface area contributed by atoms with Crippen LogP contribution in [0.3, 0.4) is 0 Å². The normalized spacial score (nSPS) is 15.4. The molecule has 0 radical (unpaired) electrons. The fourth-order valence-electron chi connectivity index (χ4n) is 1.90. The average Bonchev–Trinajstić information content (AvgIpc) is 2.94. The smallest absolute Gasteiger partial charge is 0.191 e. The molecule has 2 N–H and O–H groups in total. The fraction of sp³-hybridized carbons (Fsp3) is 0.688. The minimum atomic E-state index is -0.834. The number of rotatable bonds is 7. The highest BCUT2D eigenvalue weighted by Crippen LogP contribution is 2.13.